The number of amides is 1. The fourth-order valence-electron chi connectivity index (χ4n) is 2.32. The SMILES string of the molecule is COc1ccccc1/C=C1\SC(=Nc2ccc(C)c(C)c2)NC1=O. The van der Waals surface area contributed by atoms with Gasteiger partial charge >= 0.3 is 0 Å². The van der Waals surface area contributed by atoms with E-state index in [-0.39, 0.29) is 5.91 Å². The summed E-state index contributed by atoms with van der Waals surface area (Å²) in [6.07, 6.45) is 1.82. The van der Waals surface area contributed by atoms with Gasteiger partial charge in [-0.1, -0.05) is 24.3 Å². The molecule has 2 aromatic rings. The molecule has 4 nitrogen and oxygen atoms in total. The first-order valence-corrected chi connectivity index (χ1v) is 8.38. The molecule has 1 N–H and O–H groups in total. The molecule has 1 saturated heterocycles. The van der Waals surface area contributed by atoms with Gasteiger partial charge in [-0.25, -0.2) is 4.99 Å². The third-order valence-electron chi connectivity index (χ3n) is 3.80. The summed E-state index contributed by atoms with van der Waals surface area (Å²) in [5, 5.41) is 3.40. The van der Waals surface area contributed by atoms with Gasteiger partial charge in [-0.15, -0.1) is 0 Å². The van der Waals surface area contributed by atoms with Crippen molar-refractivity contribution in [2.45, 2.75) is 13.8 Å². The normalized spacial score (nSPS) is 17.4. The van der Waals surface area contributed by atoms with Crippen LogP contribution < -0.4 is 10.1 Å². The van der Waals surface area contributed by atoms with Gasteiger partial charge in [0.05, 0.1) is 17.7 Å². The van der Waals surface area contributed by atoms with Crippen molar-refractivity contribution in [1.29, 1.82) is 0 Å². The second-order valence-electron chi connectivity index (χ2n) is 5.49. The van der Waals surface area contributed by atoms with Crippen molar-refractivity contribution in [3.63, 3.8) is 0 Å². The zero-order chi connectivity index (χ0) is 17.1. The highest BCUT2D eigenvalue weighted by Crippen LogP contribution is 2.30. The van der Waals surface area contributed by atoms with E-state index < -0.39 is 0 Å². The first kappa shape index (κ1) is 16.3. The van der Waals surface area contributed by atoms with Gasteiger partial charge in [-0.05, 0) is 61.0 Å². The summed E-state index contributed by atoms with van der Waals surface area (Å²) in [5.74, 6) is 0.589. The lowest BCUT2D eigenvalue weighted by Crippen LogP contribution is -2.19. The fraction of sp³-hybridized carbons (Fsp3) is 0.158. The van der Waals surface area contributed by atoms with Crippen molar-refractivity contribution in [3.05, 3.63) is 64.1 Å². The average Bonchev–Trinajstić information content (AvgIpc) is 2.91. The summed E-state index contributed by atoms with van der Waals surface area (Å²) in [6, 6.07) is 13.6. The Morgan fingerprint density at radius 1 is 1.12 bits per heavy atom. The van der Waals surface area contributed by atoms with E-state index in [1.165, 1.54) is 22.9 Å². The van der Waals surface area contributed by atoms with Crippen LogP contribution in [-0.2, 0) is 4.79 Å². The van der Waals surface area contributed by atoms with Crippen LogP contribution in [-0.4, -0.2) is 18.2 Å². The van der Waals surface area contributed by atoms with Crippen LogP contribution in [0.2, 0.25) is 0 Å². The molecule has 0 radical (unpaired) electrons. The molecule has 0 spiro atoms. The predicted octanol–water partition coefficient (Wildman–Crippen LogP) is 4.20. The van der Waals surface area contributed by atoms with Gasteiger partial charge in [0.25, 0.3) is 5.91 Å². The lowest BCUT2D eigenvalue weighted by Gasteiger charge is -2.03. The first-order chi connectivity index (χ1) is 11.6. The zero-order valence-corrected chi connectivity index (χ0v) is 14.6. The largest absolute Gasteiger partial charge is 0.496 e. The molecule has 122 valence electrons. The first-order valence-electron chi connectivity index (χ1n) is 7.56. The van der Waals surface area contributed by atoms with E-state index >= 15 is 0 Å². The second kappa shape index (κ2) is 6.93. The van der Waals surface area contributed by atoms with E-state index in [2.05, 4.69) is 17.2 Å². The van der Waals surface area contributed by atoms with Crippen LogP contribution in [0.3, 0.4) is 0 Å². The molecule has 0 aromatic heterocycles. The lowest BCUT2D eigenvalue weighted by molar-refractivity contribution is -0.115. The monoisotopic (exact) mass is 338 g/mol. The molecule has 5 heteroatoms. The number of aryl methyl sites for hydroxylation is 2. The summed E-state index contributed by atoms with van der Waals surface area (Å²) in [4.78, 5) is 17.3. The maximum atomic E-state index is 12.2. The molecular formula is C19H18N2O2S. The predicted molar refractivity (Wildman–Crippen MR) is 99.7 cm³/mol. The summed E-state index contributed by atoms with van der Waals surface area (Å²) in [7, 11) is 1.62. The quantitative estimate of drug-likeness (QED) is 0.853. The Hall–Kier alpha value is -2.53. The van der Waals surface area contributed by atoms with Crippen molar-refractivity contribution >= 4 is 34.6 Å². The van der Waals surface area contributed by atoms with Crippen LogP contribution in [0.1, 0.15) is 16.7 Å². The van der Waals surface area contributed by atoms with Crippen LogP contribution >= 0.6 is 11.8 Å². The molecule has 0 unspecified atom stereocenters. The average molecular weight is 338 g/mol. The van der Waals surface area contributed by atoms with Crippen LogP contribution in [0, 0.1) is 13.8 Å². The number of nitrogens with one attached hydrogen (secondary N) is 1. The number of methoxy groups -OCH3 is 1. The number of carbonyl (C=O) groups excluding carboxylic acids is 1. The molecule has 0 aliphatic carbocycles. The van der Waals surface area contributed by atoms with Crippen molar-refractivity contribution in [1.82, 2.24) is 5.32 Å². The molecule has 0 saturated carbocycles. The van der Waals surface area contributed by atoms with Gasteiger partial charge in [0, 0.05) is 5.56 Å². The van der Waals surface area contributed by atoms with E-state index in [4.69, 9.17) is 4.74 Å². The van der Waals surface area contributed by atoms with E-state index in [0.29, 0.717) is 10.1 Å². The molecular weight excluding hydrogens is 320 g/mol. The fourth-order valence-corrected chi connectivity index (χ4v) is 3.15. The zero-order valence-electron chi connectivity index (χ0n) is 13.8. The summed E-state index contributed by atoms with van der Waals surface area (Å²) in [6.45, 7) is 4.11. The van der Waals surface area contributed by atoms with Gasteiger partial charge in [0.2, 0.25) is 0 Å². The van der Waals surface area contributed by atoms with Gasteiger partial charge in [-0.2, -0.15) is 0 Å². The van der Waals surface area contributed by atoms with Gasteiger partial charge < -0.3 is 10.1 Å². The van der Waals surface area contributed by atoms with E-state index in [1.54, 1.807) is 7.11 Å². The van der Waals surface area contributed by atoms with Gasteiger partial charge in [-0.3, -0.25) is 4.79 Å². The van der Waals surface area contributed by atoms with E-state index in [9.17, 15) is 4.79 Å². The molecule has 3 rings (SSSR count). The number of carbonyl (C=O) groups is 1. The summed E-state index contributed by atoms with van der Waals surface area (Å²) >= 11 is 1.33. The Morgan fingerprint density at radius 2 is 1.92 bits per heavy atom. The summed E-state index contributed by atoms with van der Waals surface area (Å²) < 4.78 is 5.32. The molecule has 1 heterocycles. The maximum Gasteiger partial charge on any atom is 0.264 e. The third kappa shape index (κ3) is 3.51. The number of hydrogen-bond acceptors (Lipinski definition) is 4. The maximum absolute atomic E-state index is 12.2. The number of benzene rings is 2. The minimum absolute atomic E-state index is 0.145. The number of nitrogens with zero attached hydrogens (tertiary/aromatic N) is 1. The lowest BCUT2D eigenvalue weighted by atomic mass is 10.1. The number of ether oxygens (including phenoxy) is 1. The van der Waals surface area contributed by atoms with Crippen molar-refractivity contribution < 1.29 is 9.53 Å². The molecule has 0 bridgehead atoms. The summed E-state index contributed by atoms with van der Waals surface area (Å²) in [5.41, 5.74) is 4.10. The molecule has 24 heavy (non-hydrogen) atoms. The van der Waals surface area contributed by atoms with Crippen LogP contribution in [0.4, 0.5) is 5.69 Å². The molecule has 2 aromatic carbocycles. The molecule has 0 atom stereocenters. The second-order valence-corrected chi connectivity index (χ2v) is 6.52. The number of rotatable bonds is 3. The van der Waals surface area contributed by atoms with Crippen molar-refractivity contribution in [3.8, 4) is 5.75 Å². The molecule has 1 aliphatic rings. The number of aliphatic imine (C=N–C) groups is 1. The van der Waals surface area contributed by atoms with Gasteiger partial charge in [0.15, 0.2) is 5.17 Å². The van der Waals surface area contributed by atoms with Gasteiger partial charge in [0.1, 0.15) is 5.75 Å². The Labute approximate surface area is 145 Å². The Bertz CT molecular complexity index is 856. The van der Waals surface area contributed by atoms with E-state index in [1.807, 2.05) is 55.5 Å². The molecule has 1 aliphatic heterocycles. The Balaban J connectivity index is 1.86. The highest BCUT2D eigenvalue weighted by atomic mass is 32.2. The van der Waals surface area contributed by atoms with Crippen LogP contribution in [0.5, 0.6) is 5.75 Å². The van der Waals surface area contributed by atoms with Crippen molar-refractivity contribution in [2.24, 2.45) is 4.99 Å². The third-order valence-corrected chi connectivity index (χ3v) is 4.71. The molecule has 1 fully saturated rings. The minimum Gasteiger partial charge on any atom is -0.496 e. The number of para-hydroxylation sites is 1. The Kier molecular flexibility index (Phi) is 4.71. The topological polar surface area (TPSA) is 50.7 Å². The Morgan fingerprint density at radius 3 is 2.67 bits per heavy atom. The van der Waals surface area contributed by atoms with Crippen LogP contribution in [0.25, 0.3) is 6.08 Å². The number of hydrogen-bond donors (Lipinski definition) is 1. The highest BCUT2D eigenvalue weighted by molar-refractivity contribution is 8.18. The minimum atomic E-state index is -0.145. The molecule has 1 amide bonds. The smallest absolute Gasteiger partial charge is 0.264 e. The van der Waals surface area contributed by atoms with Crippen molar-refractivity contribution in [2.75, 3.05) is 7.11 Å². The van der Waals surface area contributed by atoms with E-state index in [0.717, 1.165) is 17.0 Å². The van der Waals surface area contributed by atoms with Crippen LogP contribution in [0.15, 0.2) is 52.4 Å². The standard InChI is InChI=1S/C19H18N2O2S/c1-12-8-9-15(10-13(12)2)20-19-21-18(22)17(24-19)11-14-6-4-5-7-16(14)23-3/h4-11H,1-3H3,(H,20,21,22)/b17-11-. The number of thioether (sulfide) groups is 1. The highest BCUT2D eigenvalue weighted by Gasteiger charge is 2.24. The number of amidine groups is 1.